The zero-order valence-electron chi connectivity index (χ0n) is 11.2. The summed E-state index contributed by atoms with van der Waals surface area (Å²) in [6.07, 6.45) is 2.11. The molecule has 0 bridgehead atoms. The Bertz CT molecular complexity index is 539. The van der Waals surface area contributed by atoms with Gasteiger partial charge in [0.1, 0.15) is 10.0 Å². The summed E-state index contributed by atoms with van der Waals surface area (Å²) in [6, 6.07) is 6.31. The van der Waals surface area contributed by atoms with Crippen LogP contribution < -0.4 is 5.32 Å². The summed E-state index contributed by atoms with van der Waals surface area (Å²) in [5.74, 6) is 0. The first-order chi connectivity index (χ1) is 9.20. The SMILES string of the molecule is CCNCCCc1nnc(-c2ccc(C)c(Br)c2)s1. The van der Waals surface area contributed by atoms with Crippen molar-refractivity contribution in [1.82, 2.24) is 15.5 Å². The lowest BCUT2D eigenvalue weighted by Gasteiger charge is -2.00. The Kier molecular flexibility index (Phi) is 5.48. The van der Waals surface area contributed by atoms with Crippen LogP contribution >= 0.6 is 27.3 Å². The van der Waals surface area contributed by atoms with E-state index in [9.17, 15) is 0 Å². The molecule has 0 aliphatic carbocycles. The van der Waals surface area contributed by atoms with Crippen LogP contribution in [-0.4, -0.2) is 23.3 Å². The maximum absolute atomic E-state index is 4.28. The summed E-state index contributed by atoms with van der Waals surface area (Å²) >= 11 is 5.25. The van der Waals surface area contributed by atoms with E-state index in [0.29, 0.717) is 0 Å². The van der Waals surface area contributed by atoms with Gasteiger partial charge in [-0.2, -0.15) is 0 Å². The van der Waals surface area contributed by atoms with Gasteiger partial charge in [-0.1, -0.05) is 46.3 Å². The smallest absolute Gasteiger partial charge is 0.147 e. The second kappa shape index (κ2) is 7.12. The maximum atomic E-state index is 4.28. The molecule has 0 aliphatic rings. The van der Waals surface area contributed by atoms with Crippen molar-refractivity contribution in [2.45, 2.75) is 26.7 Å². The average molecular weight is 340 g/mol. The lowest BCUT2D eigenvalue weighted by atomic mass is 10.2. The Morgan fingerprint density at radius 2 is 2.16 bits per heavy atom. The van der Waals surface area contributed by atoms with E-state index in [0.717, 1.165) is 46.0 Å². The molecule has 5 heteroatoms. The van der Waals surface area contributed by atoms with Crippen LogP contribution in [0.1, 0.15) is 23.9 Å². The van der Waals surface area contributed by atoms with Crippen LogP contribution in [0.5, 0.6) is 0 Å². The molecule has 1 N–H and O–H groups in total. The second-order valence-corrected chi connectivity index (χ2v) is 6.34. The molecule has 1 aromatic heterocycles. The number of hydrogen-bond donors (Lipinski definition) is 1. The minimum atomic E-state index is 0.998. The molecule has 0 atom stereocenters. The van der Waals surface area contributed by atoms with Gasteiger partial charge in [0.25, 0.3) is 0 Å². The molecule has 0 aliphatic heterocycles. The van der Waals surface area contributed by atoms with E-state index in [1.807, 2.05) is 0 Å². The topological polar surface area (TPSA) is 37.8 Å². The monoisotopic (exact) mass is 339 g/mol. The number of rotatable bonds is 6. The fraction of sp³-hybridized carbons (Fsp3) is 0.429. The van der Waals surface area contributed by atoms with Crippen LogP contribution in [0, 0.1) is 6.92 Å². The molecule has 0 radical (unpaired) electrons. The van der Waals surface area contributed by atoms with Gasteiger partial charge in [0, 0.05) is 16.5 Å². The van der Waals surface area contributed by atoms with Crippen LogP contribution in [-0.2, 0) is 6.42 Å². The predicted octanol–water partition coefficient (Wildman–Crippen LogP) is 3.82. The van der Waals surface area contributed by atoms with Crippen LogP contribution in [0.3, 0.4) is 0 Å². The minimum absolute atomic E-state index is 0.998. The Hall–Kier alpha value is -0.780. The van der Waals surface area contributed by atoms with E-state index in [4.69, 9.17) is 0 Å². The third kappa shape index (κ3) is 4.09. The van der Waals surface area contributed by atoms with Crippen LogP contribution in [0.25, 0.3) is 10.6 Å². The molecule has 1 heterocycles. The molecule has 2 rings (SSSR count). The first-order valence-corrected chi connectivity index (χ1v) is 8.11. The number of nitrogens with one attached hydrogen (secondary N) is 1. The van der Waals surface area contributed by atoms with E-state index < -0.39 is 0 Å². The summed E-state index contributed by atoms with van der Waals surface area (Å²) < 4.78 is 1.12. The number of halogens is 1. The highest BCUT2D eigenvalue weighted by Crippen LogP contribution is 2.28. The number of nitrogens with zero attached hydrogens (tertiary/aromatic N) is 2. The summed E-state index contributed by atoms with van der Waals surface area (Å²) in [6.45, 7) is 6.28. The molecular formula is C14H18BrN3S. The third-order valence-electron chi connectivity index (χ3n) is 2.88. The predicted molar refractivity (Wildman–Crippen MR) is 84.6 cm³/mol. The molecule has 0 saturated carbocycles. The molecule has 0 amide bonds. The van der Waals surface area contributed by atoms with Gasteiger partial charge in [-0.05, 0) is 38.1 Å². The van der Waals surface area contributed by atoms with Gasteiger partial charge < -0.3 is 5.32 Å². The average Bonchev–Trinajstić information content (AvgIpc) is 2.87. The highest BCUT2D eigenvalue weighted by atomic mass is 79.9. The van der Waals surface area contributed by atoms with Gasteiger partial charge in [-0.25, -0.2) is 0 Å². The fourth-order valence-corrected chi connectivity index (χ4v) is 3.00. The van der Waals surface area contributed by atoms with Gasteiger partial charge in [0.15, 0.2) is 0 Å². The highest BCUT2D eigenvalue weighted by molar-refractivity contribution is 9.10. The minimum Gasteiger partial charge on any atom is -0.317 e. The van der Waals surface area contributed by atoms with Crippen molar-refractivity contribution >= 4 is 27.3 Å². The van der Waals surface area contributed by atoms with E-state index >= 15 is 0 Å². The molecule has 2 aromatic rings. The van der Waals surface area contributed by atoms with Crippen molar-refractivity contribution in [2.75, 3.05) is 13.1 Å². The van der Waals surface area contributed by atoms with Crippen LogP contribution in [0.4, 0.5) is 0 Å². The van der Waals surface area contributed by atoms with E-state index in [-0.39, 0.29) is 0 Å². The first kappa shape index (κ1) is 14.6. The summed E-state index contributed by atoms with van der Waals surface area (Å²) in [7, 11) is 0. The Balaban J connectivity index is 2.01. The normalized spacial score (nSPS) is 10.9. The number of aryl methyl sites for hydroxylation is 2. The van der Waals surface area contributed by atoms with Crippen molar-refractivity contribution in [3.8, 4) is 10.6 Å². The van der Waals surface area contributed by atoms with E-state index in [1.54, 1.807) is 11.3 Å². The van der Waals surface area contributed by atoms with Crippen molar-refractivity contribution in [2.24, 2.45) is 0 Å². The third-order valence-corrected chi connectivity index (χ3v) is 4.77. The van der Waals surface area contributed by atoms with Crippen molar-refractivity contribution in [3.05, 3.63) is 33.2 Å². The fourth-order valence-electron chi connectivity index (χ4n) is 1.74. The summed E-state index contributed by atoms with van der Waals surface area (Å²) in [4.78, 5) is 0. The maximum Gasteiger partial charge on any atom is 0.147 e. The van der Waals surface area contributed by atoms with Gasteiger partial charge in [0.05, 0.1) is 0 Å². The number of benzene rings is 1. The molecule has 0 unspecified atom stereocenters. The van der Waals surface area contributed by atoms with Crippen LogP contribution in [0.2, 0.25) is 0 Å². The summed E-state index contributed by atoms with van der Waals surface area (Å²) in [5, 5.41) is 14.0. The molecule has 1 aromatic carbocycles. The molecule has 0 saturated heterocycles. The molecule has 0 spiro atoms. The molecule has 3 nitrogen and oxygen atoms in total. The molecule has 0 fully saturated rings. The Morgan fingerprint density at radius 3 is 2.89 bits per heavy atom. The van der Waals surface area contributed by atoms with Crippen molar-refractivity contribution < 1.29 is 0 Å². The zero-order chi connectivity index (χ0) is 13.7. The van der Waals surface area contributed by atoms with Gasteiger partial charge >= 0.3 is 0 Å². The number of aromatic nitrogens is 2. The van der Waals surface area contributed by atoms with Crippen LogP contribution in [0.15, 0.2) is 22.7 Å². The van der Waals surface area contributed by atoms with E-state index in [1.165, 1.54) is 5.56 Å². The Morgan fingerprint density at radius 1 is 1.32 bits per heavy atom. The van der Waals surface area contributed by atoms with Gasteiger partial charge in [-0.3, -0.25) is 0 Å². The largest absolute Gasteiger partial charge is 0.317 e. The van der Waals surface area contributed by atoms with Crippen molar-refractivity contribution in [3.63, 3.8) is 0 Å². The Labute approximate surface area is 126 Å². The van der Waals surface area contributed by atoms with Gasteiger partial charge in [-0.15, -0.1) is 10.2 Å². The standard InChI is InChI=1S/C14H18BrN3S/c1-3-16-8-4-5-13-17-18-14(19-13)11-7-6-10(2)12(15)9-11/h6-7,9,16H,3-5,8H2,1-2H3. The quantitative estimate of drug-likeness (QED) is 0.813. The first-order valence-electron chi connectivity index (χ1n) is 6.50. The second-order valence-electron chi connectivity index (χ2n) is 4.42. The molecule has 19 heavy (non-hydrogen) atoms. The number of hydrogen-bond acceptors (Lipinski definition) is 4. The van der Waals surface area contributed by atoms with Gasteiger partial charge in [0.2, 0.25) is 0 Å². The summed E-state index contributed by atoms with van der Waals surface area (Å²) in [5.41, 5.74) is 2.37. The highest BCUT2D eigenvalue weighted by Gasteiger charge is 2.07. The molecule has 102 valence electrons. The molecular weight excluding hydrogens is 322 g/mol. The lowest BCUT2D eigenvalue weighted by molar-refractivity contribution is 0.669. The van der Waals surface area contributed by atoms with E-state index in [2.05, 4.69) is 63.5 Å². The lowest BCUT2D eigenvalue weighted by Crippen LogP contribution is -2.14. The zero-order valence-corrected chi connectivity index (χ0v) is 13.6. The van der Waals surface area contributed by atoms with Crippen molar-refractivity contribution in [1.29, 1.82) is 0 Å².